The first-order valence-electron chi connectivity index (χ1n) is 19.4. The van der Waals surface area contributed by atoms with Gasteiger partial charge in [0.1, 0.15) is 11.5 Å². The molecule has 46 heavy (non-hydrogen) atoms. The molecular formula is C42H64O2P2. The van der Waals surface area contributed by atoms with E-state index >= 15 is 0 Å². The Hall–Kier alpha value is -1.10. The van der Waals surface area contributed by atoms with Crippen LogP contribution in [-0.4, -0.2) is 36.9 Å². The highest BCUT2D eigenvalue weighted by molar-refractivity contribution is 7.68. The van der Waals surface area contributed by atoms with Gasteiger partial charge in [-0.15, -0.1) is 0 Å². The topological polar surface area (TPSA) is 18.5 Å². The van der Waals surface area contributed by atoms with Gasteiger partial charge in [0.15, 0.2) is 0 Å². The van der Waals surface area contributed by atoms with Gasteiger partial charge in [0.05, 0.1) is 14.2 Å². The monoisotopic (exact) mass is 662 g/mol. The molecule has 6 rings (SSSR count). The molecule has 4 aliphatic rings. The Labute approximate surface area is 285 Å². The normalized spacial score (nSPS) is 21.3. The minimum Gasteiger partial charge on any atom is -0.496 e. The number of methoxy groups -OCH3 is 2. The van der Waals surface area contributed by atoms with Crippen LogP contribution in [0.25, 0.3) is 11.1 Å². The summed E-state index contributed by atoms with van der Waals surface area (Å²) in [6.45, 7) is 9.52. The lowest BCUT2D eigenvalue weighted by atomic mass is 9.92. The van der Waals surface area contributed by atoms with E-state index in [9.17, 15) is 0 Å². The molecule has 2 nitrogen and oxygen atoms in total. The van der Waals surface area contributed by atoms with Crippen molar-refractivity contribution in [1.82, 2.24) is 0 Å². The summed E-state index contributed by atoms with van der Waals surface area (Å²) in [4.78, 5) is 0. The van der Waals surface area contributed by atoms with Crippen LogP contribution in [0.4, 0.5) is 0 Å². The molecule has 4 aliphatic carbocycles. The highest BCUT2D eigenvalue weighted by Gasteiger charge is 2.40. The Bertz CT molecular complexity index is 1270. The fraction of sp³-hybridized carbons (Fsp3) is 0.714. The third-order valence-corrected chi connectivity index (χ3v) is 19.4. The Morgan fingerprint density at radius 1 is 0.478 bits per heavy atom. The molecule has 0 atom stereocenters. The van der Waals surface area contributed by atoms with E-state index < -0.39 is 0 Å². The number of hydrogen-bond donors (Lipinski definition) is 0. The summed E-state index contributed by atoms with van der Waals surface area (Å²) >= 11 is 0. The average Bonchev–Trinajstić information content (AvgIpc) is 3.08. The molecule has 0 N–H and O–H groups in total. The lowest BCUT2D eigenvalue weighted by molar-refractivity contribution is 0.389. The van der Waals surface area contributed by atoms with Gasteiger partial charge in [0, 0.05) is 22.0 Å². The molecule has 0 aromatic heterocycles. The Kier molecular flexibility index (Phi) is 12.1. The summed E-state index contributed by atoms with van der Waals surface area (Å²) < 4.78 is 13.0. The van der Waals surface area contributed by atoms with E-state index in [2.05, 4.69) is 39.8 Å². The van der Waals surface area contributed by atoms with Gasteiger partial charge in [0.25, 0.3) is 0 Å². The zero-order valence-corrected chi connectivity index (χ0v) is 32.1. The molecule has 0 amide bonds. The molecule has 0 radical (unpaired) electrons. The van der Waals surface area contributed by atoms with E-state index in [0.717, 1.165) is 28.4 Å². The van der Waals surface area contributed by atoms with E-state index in [-0.39, 0.29) is 15.8 Å². The van der Waals surface area contributed by atoms with Crippen molar-refractivity contribution in [2.24, 2.45) is 0 Å². The van der Waals surface area contributed by atoms with Crippen molar-refractivity contribution in [2.75, 3.05) is 14.2 Å². The van der Waals surface area contributed by atoms with E-state index in [1.807, 2.05) is 14.2 Å². The van der Waals surface area contributed by atoms with Gasteiger partial charge in [-0.1, -0.05) is 111 Å². The van der Waals surface area contributed by atoms with Gasteiger partial charge in [-0.3, -0.25) is 0 Å². The second kappa shape index (κ2) is 16.1. The van der Waals surface area contributed by atoms with Crippen LogP contribution in [0.2, 0.25) is 0 Å². The van der Waals surface area contributed by atoms with Crippen molar-refractivity contribution in [1.29, 1.82) is 0 Å². The van der Waals surface area contributed by atoms with E-state index in [4.69, 9.17) is 9.47 Å². The highest BCUT2D eigenvalue weighted by atomic mass is 31.1. The highest BCUT2D eigenvalue weighted by Crippen LogP contribution is 2.61. The van der Waals surface area contributed by atoms with Crippen molar-refractivity contribution in [3.63, 3.8) is 0 Å². The second-order valence-electron chi connectivity index (χ2n) is 15.5. The molecule has 0 unspecified atom stereocenters. The molecular weight excluding hydrogens is 598 g/mol. The van der Waals surface area contributed by atoms with Crippen LogP contribution in [0.1, 0.15) is 151 Å². The van der Waals surface area contributed by atoms with Crippen LogP contribution in [-0.2, 0) is 0 Å². The van der Waals surface area contributed by atoms with Crippen LogP contribution >= 0.6 is 15.8 Å². The maximum atomic E-state index is 6.64. The molecule has 254 valence electrons. The molecule has 0 bridgehead atoms. The zero-order valence-electron chi connectivity index (χ0n) is 30.3. The van der Waals surface area contributed by atoms with Crippen molar-refractivity contribution in [2.45, 2.75) is 179 Å². The van der Waals surface area contributed by atoms with Crippen LogP contribution in [0.3, 0.4) is 0 Å². The predicted molar refractivity (Wildman–Crippen MR) is 205 cm³/mol. The molecule has 4 heteroatoms. The summed E-state index contributed by atoms with van der Waals surface area (Å²) in [7, 11) is 3.23. The SMILES string of the molecule is COc1c(C)c(OC)c(P(C2CCCCC2)C2CCCCC2)c(-c2c(C)cc(C)cc2P(C2CCCCC2)C2CCCCC2)c1C. The third-order valence-electron chi connectivity index (χ3n) is 12.4. The lowest BCUT2D eigenvalue weighted by Crippen LogP contribution is -2.31. The minimum absolute atomic E-state index is 0.252. The van der Waals surface area contributed by atoms with Crippen molar-refractivity contribution >= 4 is 26.5 Å². The van der Waals surface area contributed by atoms with Gasteiger partial charge >= 0.3 is 0 Å². The summed E-state index contributed by atoms with van der Waals surface area (Å²) in [5, 5.41) is 3.40. The molecule has 0 heterocycles. The number of hydrogen-bond acceptors (Lipinski definition) is 2. The van der Waals surface area contributed by atoms with Crippen molar-refractivity contribution in [3.8, 4) is 22.6 Å². The minimum atomic E-state index is -0.367. The molecule has 4 fully saturated rings. The van der Waals surface area contributed by atoms with Gasteiger partial charge in [-0.25, -0.2) is 0 Å². The van der Waals surface area contributed by atoms with Gasteiger partial charge in [-0.2, -0.15) is 0 Å². The standard InChI is InChI=1S/C42H64O2P2/c1-29-27-30(2)38(37(28-29)45(33-19-11-7-12-20-33)34-21-13-8-14-22-34)39-31(3)40(43-5)32(4)41(44-6)42(39)46(35-23-15-9-16-24-35)36-25-17-10-18-26-36/h27-28,33-36H,7-26H2,1-6H3. The smallest absolute Gasteiger partial charge is 0.133 e. The average molecular weight is 663 g/mol. The van der Waals surface area contributed by atoms with E-state index in [1.165, 1.54) is 156 Å². The van der Waals surface area contributed by atoms with Crippen molar-refractivity contribution in [3.05, 3.63) is 34.4 Å². The van der Waals surface area contributed by atoms with Crippen LogP contribution in [0.5, 0.6) is 11.5 Å². The fourth-order valence-electron chi connectivity index (χ4n) is 10.3. The van der Waals surface area contributed by atoms with Crippen molar-refractivity contribution < 1.29 is 9.47 Å². The van der Waals surface area contributed by atoms with Gasteiger partial charge in [0.2, 0.25) is 0 Å². The number of aryl methyl sites for hydroxylation is 2. The molecule has 4 saturated carbocycles. The fourth-order valence-corrected chi connectivity index (χ4v) is 18.7. The first kappa shape index (κ1) is 34.8. The van der Waals surface area contributed by atoms with Crippen LogP contribution in [0, 0.1) is 27.7 Å². The first-order chi connectivity index (χ1) is 22.4. The third kappa shape index (κ3) is 7.11. The maximum Gasteiger partial charge on any atom is 0.133 e. The quantitative estimate of drug-likeness (QED) is 0.249. The lowest BCUT2D eigenvalue weighted by Gasteiger charge is -2.43. The maximum absolute atomic E-state index is 6.64. The number of rotatable bonds is 9. The van der Waals surface area contributed by atoms with Gasteiger partial charge in [-0.05, 0) is 118 Å². The number of benzene rings is 2. The molecule has 0 spiro atoms. The van der Waals surface area contributed by atoms with E-state index in [1.54, 1.807) is 21.7 Å². The summed E-state index contributed by atoms with van der Waals surface area (Å²) in [5.41, 5.74) is 12.1. The summed E-state index contributed by atoms with van der Waals surface area (Å²) in [6, 6.07) is 5.21. The Balaban J connectivity index is 1.65. The molecule has 2 aromatic rings. The Morgan fingerprint density at radius 2 is 0.891 bits per heavy atom. The second-order valence-corrected chi connectivity index (χ2v) is 21.0. The van der Waals surface area contributed by atoms with Gasteiger partial charge < -0.3 is 9.47 Å². The largest absolute Gasteiger partial charge is 0.496 e. The summed E-state index contributed by atoms with van der Waals surface area (Å²) in [5.74, 6) is 2.23. The van der Waals surface area contributed by atoms with Crippen LogP contribution in [0.15, 0.2) is 12.1 Å². The predicted octanol–water partition coefficient (Wildman–Crippen LogP) is 12.1. The summed E-state index contributed by atoms with van der Waals surface area (Å²) in [6.07, 6.45) is 28.5. The Morgan fingerprint density at radius 3 is 1.30 bits per heavy atom. The molecule has 0 aliphatic heterocycles. The molecule has 2 aromatic carbocycles. The molecule has 0 saturated heterocycles. The zero-order chi connectivity index (χ0) is 32.2. The first-order valence-corrected chi connectivity index (χ1v) is 22.3. The number of ether oxygens (including phenoxy) is 2. The van der Waals surface area contributed by atoms with Crippen LogP contribution < -0.4 is 20.1 Å². The van der Waals surface area contributed by atoms with E-state index in [0.29, 0.717) is 0 Å².